The minimum atomic E-state index is -3.75. The molecule has 26 heavy (non-hydrogen) atoms. The van der Waals surface area contributed by atoms with Gasteiger partial charge in [0, 0.05) is 0 Å². The largest absolute Gasteiger partial charge is 0.490 e. The Kier molecular flexibility index (Phi) is 7.19. The molecule has 2 rings (SSSR count). The predicted octanol–water partition coefficient (Wildman–Crippen LogP) is 2.98. The lowest BCUT2D eigenvalue weighted by atomic mass is 10.1. The summed E-state index contributed by atoms with van der Waals surface area (Å²) in [7, 11) is -3.75. The summed E-state index contributed by atoms with van der Waals surface area (Å²) in [6, 6.07) is 9.70. The Labute approximate surface area is 158 Å². The van der Waals surface area contributed by atoms with Gasteiger partial charge in [0.05, 0.1) is 0 Å². The first-order valence-electron chi connectivity index (χ1n) is 8.21. The van der Waals surface area contributed by atoms with Gasteiger partial charge in [-0.1, -0.05) is 37.6 Å². The second kappa shape index (κ2) is 9.16. The smallest absolute Gasteiger partial charge is 0.324 e. The summed E-state index contributed by atoms with van der Waals surface area (Å²) in [6.45, 7) is 5.72. The maximum absolute atomic E-state index is 12.3. The van der Waals surface area contributed by atoms with Gasteiger partial charge in [0.25, 0.3) is 10.0 Å². The standard InChI is InChI=1S/C18H23NO5S2/c1-13(2)17(19-26(21,22)16-5-4-12-25-16)18(20)24-11-10-23-15-8-6-14(3)7-9-15/h4-9,12-13,17,19H,10-11H2,1-3H3/t17-/m0/s1. The van der Waals surface area contributed by atoms with Crippen molar-refractivity contribution < 1.29 is 22.7 Å². The summed E-state index contributed by atoms with van der Waals surface area (Å²) in [4.78, 5) is 12.3. The number of esters is 1. The van der Waals surface area contributed by atoms with Crippen LogP contribution in [0.5, 0.6) is 5.75 Å². The third-order valence-electron chi connectivity index (χ3n) is 3.58. The van der Waals surface area contributed by atoms with E-state index < -0.39 is 22.0 Å². The summed E-state index contributed by atoms with van der Waals surface area (Å²) in [5.74, 6) is -0.187. The molecule has 1 heterocycles. The van der Waals surface area contributed by atoms with E-state index >= 15 is 0 Å². The summed E-state index contributed by atoms with van der Waals surface area (Å²) in [5, 5.41) is 1.67. The molecule has 2 aromatic rings. The number of benzene rings is 1. The SMILES string of the molecule is Cc1ccc(OCCOC(=O)[C@@H](NS(=O)(=O)c2cccs2)C(C)C)cc1. The van der Waals surface area contributed by atoms with Crippen LogP contribution in [0.3, 0.4) is 0 Å². The maximum atomic E-state index is 12.3. The zero-order valence-electron chi connectivity index (χ0n) is 15.0. The van der Waals surface area contributed by atoms with Gasteiger partial charge in [0.2, 0.25) is 0 Å². The minimum absolute atomic E-state index is 0.0384. The minimum Gasteiger partial charge on any atom is -0.490 e. The van der Waals surface area contributed by atoms with Crippen LogP contribution in [-0.2, 0) is 19.6 Å². The molecule has 0 radical (unpaired) electrons. The number of aryl methyl sites for hydroxylation is 1. The molecule has 0 bridgehead atoms. The zero-order chi connectivity index (χ0) is 19.2. The fraction of sp³-hybridized carbons (Fsp3) is 0.389. The van der Waals surface area contributed by atoms with Crippen molar-refractivity contribution in [3.05, 3.63) is 47.3 Å². The van der Waals surface area contributed by atoms with Crippen molar-refractivity contribution in [2.75, 3.05) is 13.2 Å². The highest BCUT2D eigenvalue weighted by Crippen LogP contribution is 2.17. The third-order valence-corrected chi connectivity index (χ3v) is 6.42. The second-order valence-corrected chi connectivity index (χ2v) is 8.99. The normalized spacial score (nSPS) is 12.8. The molecule has 0 aliphatic carbocycles. The van der Waals surface area contributed by atoms with Gasteiger partial charge in [-0.25, -0.2) is 8.42 Å². The van der Waals surface area contributed by atoms with Crippen LogP contribution < -0.4 is 9.46 Å². The maximum Gasteiger partial charge on any atom is 0.324 e. The average molecular weight is 398 g/mol. The fourth-order valence-corrected chi connectivity index (χ4v) is 4.47. The van der Waals surface area contributed by atoms with Gasteiger partial charge in [-0.2, -0.15) is 4.72 Å². The van der Waals surface area contributed by atoms with Crippen molar-refractivity contribution in [3.63, 3.8) is 0 Å². The molecular formula is C18H23NO5S2. The first-order valence-corrected chi connectivity index (χ1v) is 10.6. The molecule has 0 spiro atoms. The fourth-order valence-electron chi connectivity index (χ4n) is 2.12. The van der Waals surface area contributed by atoms with Crippen LogP contribution in [0.15, 0.2) is 46.0 Å². The van der Waals surface area contributed by atoms with E-state index in [9.17, 15) is 13.2 Å². The average Bonchev–Trinajstić information content (AvgIpc) is 3.13. The predicted molar refractivity (Wildman–Crippen MR) is 101 cm³/mol. The Hall–Kier alpha value is -1.90. The number of ether oxygens (including phenoxy) is 2. The number of nitrogens with one attached hydrogen (secondary N) is 1. The Morgan fingerprint density at radius 1 is 1.15 bits per heavy atom. The highest BCUT2D eigenvalue weighted by molar-refractivity contribution is 7.91. The highest BCUT2D eigenvalue weighted by atomic mass is 32.2. The molecular weight excluding hydrogens is 374 g/mol. The van der Waals surface area contributed by atoms with Gasteiger partial charge in [-0.15, -0.1) is 11.3 Å². The van der Waals surface area contributed by atoms with Crippen LogP contribution in [0.1, 0.15) is 19.4 Å². The molecule has 6 nitrogen and oxygen atoms in total. The molecule has 0 amide bonds. The molecule has 1 aromatic heterocycles. The van der Waals surface area contributed by atoms with Gasteiger partial charge >= 0.3 is 5.97 Å². The van der Waals surface area contributed by atoms with Gasteiger partial charge in [0.1, 0.15) is 29.2 Å². The van der Waals surface area contributed by atoms with E-state index in [0.717, 1.165) is 16.9 Å². The third kappa shape index (κ3) is 5.82. The van der Waals surface area contributed by atoms with E-state index in [2.05, 4.69) is 4.72 Å². The monoisotopic (exact) mass is 397 g/mol. The Balaban J connectivity index is 1.87. The molecule has 142 valence electrons. The molecule has 1 N–H and O–H groups in total. The zero-order valence-corrected chi connectivity index (χ0v) is 16.6. The Bertz CT molecular complexity index is 799. The molecule has 0 saturated heterocycles. The molecule has 8 heteroatoms. The van der Waals surface area contributed by atoms with Crippen LogP contribution in [0, 0.1) is 12.8 Å². The number of rotatable bonds is 9. The number of hydrogen-bond acceptors (Lipinski definition) is 6. The van der Waals surface area contributed by atoms with Gasteiger partial charge in [-0.05, 0) is 36.4 Å². The molecule has 0 aliphatic rings. The summed E-state index contributed by atoms with van der Waals surface area (Å²) in [6.07, 6.45) is 0. The molecule has 1 aromatic carbocycles. The van der Waals surface area contributed by atoms with Crippen LogP contribution in [0.25, 0.3) is 0 Å². The number of thiophene rings is 1. The number of hydrogen-bond donors (Lipinski definition) is 1. The highest BCUT2D eigenvalue weighted by Gasteiger charge is 2.30. The quantitative estimate of drug-likeness (QED) is 0.520. The van der Waals surface area contributed by atoms with E-state index in [0.29, 0.717) is 5.75 Å². The summed E-state index contributed by atoms with van der Waals surface area (Å²) in [5.41, 5.74) is 1.13. The van der Waals surface area contributed by atoms with Crippen molar-refractivity contribution in [1.29, 1.82) is 0 Å². The topological polar surface area (TPSA) is 81.7 Å². The summed E-state index contributed by atoms with van der Waals surface area (Å²) >= 11 is 1.09. The van der Waals surface area contributed by atoms with E-state index in [1.807, 2.05) is 31.2 Å². The molecule has 0 fully saturated rings. The van der Waals surface area contributed by atoms with Gasteiger partial charge in [-0.3, -0.25) is 4.79 Å². The van der Waals surface area contributed by atoms with E-state index in [1.165, 1.54) is 6.07 Å². The molecule has 0 unspecified atom stereocenters. The van der Waals surface area contributed by atoms with E-state index in [-0.39, 0.29) is 23.3 Å². The van der Waals surface area contributed by atoms with Crippen molar-refractivity contribution >= 4 is 27.3 Å². The lowest BCUT2D eigenvalue weighted by Crippen LogP contribution is -2.45. The van der Waals surface area contributed by atoms with E-state index in [4.69, 9.17) is 9.47 Å². The molecule has 1 atom stereocenters. The van der Waals surface area contributed by atoms with Crippen LogP contribution in [0.2, 0.25) is 0 Å². The number of carbonyl (C=O) groups is 1. The van der Waals surface area contributed by atoms with Crippen LogP contribution in [-0.4, -0.2) is 33.6 Å². The van der Waals surface area contributed by atoms with Gasteiger partial charge < -0.3 is 9.47 Å². The van der Waals surface area contributed by atoms with Gasteiger partial charge in [0.15, 0.2) is 0 Å². The first-order chi connectivity index (χ1) is 12.3. The lowest BCUT2D eigenvalue weighted by Gasteiger charge is -2.20. The number of carbonyl (C=O) groups excluding carboxylic acids is 1. The van der Waals surface area contributed by atoms with Crippen molar-refractivity contribution in [2.45, 2.75) is 31.0 Å². The molecule has 0 saturated carbocycles. The van der Waals surface area contributed by atoms with E-state index in [1.54, 1.807) is 25.3 Å². The van der Waals surface area contributed by atoms with Crippen molar-refractivity contribution in [3.8, 4) is 5.75 Å². The van der Waals surface area contributed by atoms with Crippen molar-refractivity contribution in [1.82, 2.24) is 4.72 Å². The lowest BCUT2D eigenvalue weighted by molar-refractivity contribution is -0.147. The summed E-state index contributed by atoms with van der Waals surface area (Å²) < 4.78 is 37.9. The van der Waals surface area contributed by atoms with Crippen molar-refractivity contribution in [2.24, 2.45) is 5.92 Å². The first kappa shape index (κ1) is 20.4. The second-order valence-electron chi connectivity index (χ2n) is 6.10. The Morgan fingerprint density at radius 2 is 1.85 bits per heavy atom. The Morgan fingerprint density at radius 3 is 2.42 bits per heavy atom. The molecule has 0 aliphatic heterocycles. The van der Waals surface area contributed by atoms with Crippen LogP contribution >= 0.6 is 11.3 Å². The van der Waals surface area contributed by atoms with Crippen LogP contribution in [0.4, 0.5) is 0 Å². The number of sulfonamides is 1.